The summed E-state index contributed by atoms with van der Waals surface area (Å²) in [5, 5.41) is 0.889. The number of nitrogens with zero attached hydrogens (tertiary/aromatic N) is 2. The van der Waals surface area contributed by atoms with E-state index >= 15 is 0 Å². The van der Waals surface area contributed by atoms with Gasteiger partial charge in [0.15, 0.2) is 6.61 Å². The molecule has 5 aliphatic rings. The van der Waals surface area contributed by atoms with E-state index in [0.717, 1.165) is 26.4 Å². The molecule has 2 aliphatic carbocycles. The molecule has 9 nitrogen and oxygen atoms in total. The molecule has 12 heteroatoms. The summed E-state index contributed by atoms with van der Waals surface area (Å²) < 4.78 is 12.5. The lowest BCUT2D eigenvalue weighted by Gasteiger charge is -2.43. The van der Waals surface area contributed by atoms with E-state index in [2.05, 4.69) is 20.9 Å². The fourth-order valence-electron chi connectivity index (χ4n) is 8.13. The highest BCUT2D eigenvalue weighted by atomic mass is 79.9. The number of morpholine rings is 1. The molecule has 1 aromatic heterocycles. The number of thioether (sulfide) groups is 1. The van der Waals surface area contributed by atoms with Gasteiger partial charge in [0.05, 0.1) is 35.8 Å². The maximum Gasteiger partial charge on any atom is 0.305 e. The number of fused-ring (bicyclic) bond motifs is 9. The number of thiazole rings is 1. The van der Waals surface area contributed by atoms with Crippen LogP contribution in [0.4, 0.5) is 5.69 Å². The average Bonchev–Trinajstić information content (AvgIpc) is 3.76. The number of carbonyl (C=O) groups excluding carboxylic acids is 3. The summed E-state index contributed by atoms with van der Waals surface area (Å²) in [6.45, 7) is 2.01. The molecule has 2 aromatic carbocycles. The number of para-hydroxylation sites is 1. The molecule has 4 unspecified atom stereocenters. The Morgan fingerprint density at radius 2 is 1.77 bits per heavy atom. The van der Waals surface area contributed by atoms with Gasteiger partial charge in [-0.3, -0.25) is 24.1 Å². The van der Waals surface area contributed by atoms with Crippen LogP contribution in [0.1, 0.15) is 22.8 Å². The van der Waals surface area contributed by atoms with Crippen molar-refractivity contribution >= 4 is 62.4 Å². The van der Waals surface area contributed by atoms with Crippen LogP contribution in [0, 0.1) is 29.6 Å². The first kappa shape index (κ1) is 27.6. The Hall–Kier alpha value is -2.93. The van der Waals surface area contributed by atoms with Gasteiger partial charge in [-0.1, -0.05) is 45.5 Å². The number of halogens is 1. The van der Waals surface area contributed by atoms with Crippen LogP contribution in [-0.2, 0) is 19.1 Å². The van der Waals surface area contributed by atoms with Gasteiger partial charge >= 0.3 is 4.87 Å². The molecule has 3 aromatic rings. The molecule has 2 saturated carbocycles. The molecular formula is C31H28BrN3O6S2. The van der Waals surface area contributed by atoms with Gasteiger partial charge in [0.2, 0.25) is 11.8 Å². The van der Waals surface area contributed by atoms with Crippen molar-refractivity contribution < 1.29 is 23.9 Å². The lowest BCUT2D eigenvalue weighted by atomic mass is 9.68. The molecule has 1 N–H and O–H groups in total. The van der Waals surface area contributed by atoms with Crippen molar-refractivity contribution in [3.05, 3.63) is 73.1 Å². The molecule has 2 bridgehead atoms. The van der Waals surface area contributed by atoms with E-state index in [1.807, 2.05) is 48.5 Å². The first-order valence-electron chi connectivity index (χ1n) is 14.5. The van der Waals surface area contributed by atoms with Gasteiger partial charge in [0.25, 0.3) is 5.91 Å². The van der Waals surface area contributed by atoms with Crippen molar-refractivity contribution in [3.63, 3.8) is 0 Å². The van der Waals surface area contributed by atoms with Crippen molar-refractivity contribution in [2.45, 2.75) is 22.6 Å². The zero-order valence-corrected chi connectivity index (χ0v) is 26.2. The zero-order valence-electron chi connectivity index (χ0n) is 22.9. The van der Waals surface area contributed by atoms with Crippen LogP contribution in [0.15, 0.2) is 62.8 Å². The second kappa shape index (κ2) is 10.6. The minimum absolute atomic E-state index is 0.0187. The van der Waals surface area contributed by atoms with Crippen molar-refractivity contribution in [2.24, 2.45) is 29.6 Å². The molecule has 4 heterocycles. The number of nitrogens with one attached hydrogen (secondary N) is 1. The number of ether oxygens (including phenoxy) is 2. The normalized spacial score (nSPS) is 30.8. The van der Waals surface area contributed by atoms with Gasteiger partial charge in [0.1, 0.15) is 5.75 Å². The van der Waals surface area contributed by atoms with Crippen molar-refractivity contribution in [2.75, 3.05) is 37.8 Å². The molecule has 0 spiro atoms. The van der Waals surface area contributed by atoms with E-state index in [1.165, 1.54) is 16.2 Å². The Bertz CT molecular complexity index is 1690. The number of benzene rings is 2. The van der Waals surface area contributed by atoms with Gasteiger partial charge in [-0.05, 0) is 54.5 Å². The average molecular weight is 683 g/mol. The number of amides is 3. The van der Waals surface area contributed by atoms with E-state index in [0.29, 0.717) is 37.7 Å². The number of anilines is 1. The molecule has 8 rings (SSSR count). The molecule has 4 fully saturated rings. The summed E-state index contributed by atoms with van der Waals surface area (Å²) >= 11 is 6.49. The summed E-state index contributed by atoms with van der Waals surface area (Å²) in [6.07, 6.45) is 0.799. The topological polar surface area (TPSA) is 109 Å². The fraction of sp³-hybridized carbons (Fsp3) is 0.419. The highest BCUT2D eigenvalue weighted by Crippen LogP contribution is 2.69. The number of hydrogen-bond donors (Lipinski definition) is 1. The quantitative estimate of drug-likeness (QED) is 0.404. The maximum atomic E-state index is 14.0. The summed E-state index contributed by atoms with van der Waals surface area (Å²) in [5.41, 5.74) is 1.51. The smallest absolute Gasteiger partial charge is 0.305 e. The number of carbonyl (C=O) groups is 3. The van der Waals surface area contributed by atoms with Gasteiger partial charge in [-0.2, -0.15) is 0 Å². The summed E-state index contributed by atoms with van der Waals surface area (Å²) in [6, 6.07) is 15.0. The minimum Gasteiger partial charge on any atom is -0.483 e. The maximum absolute atomic E-state index is 14.0. The Labute approximate surface area is 264 Å². The van der Waals surface area contributed by atoms with Gasteiger partial charge in [0, 0.05) is 39.2 Å². The molecule has 222 valence electrons. The van der Waals surface area contributed by atoms with Crippen LogP contribution in [-0.4, -0.2) is 65.8 Å². The number of imide groups is 1. The molecule has 0 radical (unpaired) electrons. The third-order valence-corrected chi connectivity index (χ3v) is 12.8. The minimum atomic E-state index is -0.390. The van der Waals surface area contributed by atoms with E-state index in [1.54, 1.807) is 16.7 Å². The third-order valence-electron chi connectivity index (χ3n) is 9.76. The summed E-state index contributed by atoms with van der Waals surface area (Å²) in [5.74, 6) is -0.681. The van der Waals surface area contributed by atoms with Crippen molar-refractivity contribution in [1.29, 1.82) is 0 Å². The largest absolute Gasteiger partial charge is 0.483 e. The highest BCUT2D eigenvalue weighted by molar-refractivity contribution is 9.10. The Balaban J connectivity index is 1.17. The molecular weight excluding hydrogens is 654 g/mol. The summed E-state index contributed by atoms with van der Waals surface area (Å²) in [4.78, 5) is 60.5. The Morgan fingerprint density at radius 3 is 2.53 bits per heavy atom. The standard InChI is InChI=1S/C31H28BrN3O6S2/c32-15-6-7-20(41-14-21(36)34-8-10-40-11-9-34)17(12-15)22-23-18-13-19(26(23)42-28-27(22)43-31(39)33-28)25-24(18)29(37)35(30(25)38)16-4-2-1-3-5-16/h1-7,12,18-19,22-26H,8-11,13-14H2,(H,33,39)/t18-,19-,22-,23?,24?,25?,26?/m1/s1. The second-order valence-electron chi connectivity index (χ2n) is 11.8. The fourth-order valence-corrected chi connectivity index (χ4v) is 11.4. The number of rotatable bonds is 5. The van der Waals surface area contributed by atoms with Crippen LogP contribution in [0.25, 0.3) is 0 Å². The molecule has 3 aliphatic heterocycles. The predicted octanol–water partition coefficient (Wildman–Crippen LogP) is 4.11. The van der Waals surface area contributed by atoms with Crippen molar-refractivity contribution in [3.8, 4) is 5.75 Å². The van der Waals surface area contributed by atoms with E-state index in [-0.39, 0.29) is 64.0 Å². The zero-order chi connectivity index (χ0) is 29.4. The van der Waals surface area contributed by atoms with Gasteiger partial charge in [-0.25, -0.2) is 0 Å². The second-order valence-corrected chi connectivity index (χ2v) is 14.9. The SMILES string of the molecule is O=C(COc1ccc(Br)cc1[C@H]1c2sc(=O)[nH]c2SC2C1[C@H]1C[C@@H]2C2C(=O)N(c3ccccc3)C(=O)C21)N1CCOCC1. The predicted molar refractivity (Wildman–Crippen MR) is 164 cm³/mol. The number of hydrogen-bond acceptors (Lipinski definition) is 8. The van der Waals surface area contributed by atoms with Gasteiger partial charge < -0.3 is 19.4 Å². The number of aromatic amines is 1. The number of H-pyrrole nitrogens is 1. The first-order chi connectivity index (χ1) is 20.9. The van der Waals surface area contributed by atoms with Crippen LogP contribution in [0.5, 0.6) is 5.75 Å². The third kappa shape index (κ3) is 4.35. The lowest BCUT2D eigenvalue weighted by molar-refractivity contribution is -0.137. The summed E-state index contributed by atoms with van der Waals surface area (Å²) in [7, 11) is 0. The molecule has 43 heavy (non-hydrogen) atoms. The van der Waals surface area contributed by atoms with Crippen LogP contribution < -0.4 is 14.5 Å². The van der Waals surface area contributed by atoms with E-state index < -0.39 is 5.92 Å². The van der Waals surface area contributed by atoms with Crippen LogP contribution in [0.2, 0.25) is 0 Å². The van der Waals surface area contributed by atoms with E-state index in [9.17, 15) is 19.2 Å². The molecule has 3 amide bonds. The monoisotopic (exact) mass is 681 g/mol. The van der Waals surface area contributed by atoms with Gasteiger partial charge in [-0.15, -0.1) is 11.8 Å². The van der Waals surface area contributed by atoms with Crippen molar-refractivity contribution in [1.82, 2.24) is 9.88 Å². The van der Waals surface area contributed by atoms with Crippen LogP contribution in [0.3, 0.4) is 0 Å². The first-order valence-corrected chi connectivity index (χ1v) is 17.0. The lowest BCUT2D eigenvalue weighted by Crippen LogP contribution is -2.43. The molecule has 2 saturated heterocycles. The number of aromatic nitrogens is 1. The molecule has 7 atom stereocenters. The highest BCUT2D eigenvalue weighted by Gasteiger charge is 2.69. The van der Waals surface area contributed by atoms with Crippen LogP contribution >= 0.6 is 39.0 Å². The Kier molecular flexibility index (Phi) is 6.81. The van der Waals surface area contributed by atoms with E-state index in [4.69, 9.17) is 9.47 Å². The Morgan fingerprint density at radius 1 is 1.02 bits per heavy atom.